The number of rotatable bonds is 5. The molecule has 72 valence electrons. The molecule has 1 aromatic rings. The number of hydrogen-bond donors (Lipinski definition) is 2. The molecule has 2 rings (SSSR count). The molecular weight excluding hydrogens is 180 g/mol. The second kappa shape index (κ2) is 4.22. The molecule has 1 atom stereocenters. The molecule has 0 aliphatic heterocycles. The van der Waals surface area contributed by atoms with Crippen molar-refractivity contribution in [3.05, 3.63) is 22.4 Å². The van der Waals surface area contributed by atoms with Gasteiger partial charge in [-0.3, -0.25) is 11.3 Å². The lowest BCUT2D eigenvalue weighted by Crippen LogP contribution is -2.37. The van der Waals surface area contributed by atoms with Crippen molar-refractivity contribution in [1.82, 2.24) is 5.43 Å². The molecule has 2 nitrogen and oxygen atoms in total. The molecular formula is C10H16N2S. The molecule has 13 heavy (non-hydrogen) atoms. The van der Waals surface area contributed by atoms with E-state index in [4.69, 9.17) is 5.84 Å². The summed E-state index contributed by atoms with van der Waals surface area (Å²) < 4.78 is 0. The third-order valence-electron chi connectivity index (χ3n) is 2.73. The zero-order valence-corrected chi connectivity index (χ0v) is 8.52. The summed E-state index contributed by atoms with van der Waals surface area (Å²) in [6.07, 6.45) is 5.06. The fourth-order valence-corrected chi connectivity index (χ4v) is 2.41. The Kier molecular flexibility index (Phi) is 2.98. The van der Waals surface area contributed by atoms with Gasteiger partial charge in [-0.1, -0.05) is 0 Å². The van der Waals surface area contributed by atoms with Crippen molar-refractivity contribution in [2.75, 3.05) is 0 Å². The highest BCUT2D eigenvalue weighted by Crippen LogP contribution is 2.34. The van der Waals surface area contributed by atoms with Crippen LogP contribution in [0, 0.1) is 5.92 Å². The highest BCUT2D eigenvalue weighted by atomic mass is 32.1. The fraction of sp³-hybridized carbons (Fsp3) is 0.600. The fourth-order valence-electron chi connectivity index (χ4n) is 1.71. The molecule has 0 spiro atoms. The summed E-state index contributed by atoms with van der Waals surface area (Å²) in [5, 5.41) is 4.36. The van der Waals surface area contributed by atoms with E-state index in [-0.39, 0.29) is 0 Å². The third kappa shape index (κ3) is 2.53. The normalized spacial score (nSPS) is 18.8. The minimum absolute atomic E-state index is 0.542. The van der Waals surface area contributed by atoms with Gasteiger partial charge < -0.3 is 0 Å². The van der Waals surface area contributed by atoms with Gasteiger partial charge in [0.1, 0.15) is 0 Å². The molecule has 1 aromatic heterocycles. The van der Waals surface area contributed by atoms with Gasteiger partial charge in [0.05, 0.1) is 0 Å². The van der Waals surface area contributed by atoms with Crippen LogP contribution in [0.5, 0.6) is 0 Å². The Morgan fingerprint density at radius 3 is 3.00 bits per heavy atom. The van der Waals surface area contributed by atoms with Crippen LogP contribution >= 0.6 is 11.3 Å². The Morgan fingerprint density at radius 1 is 1.62 bits per heavy atom. The third-order valence-corrected chi connectivity index (χ3v) is 3.46. The standard InChI is InChI=1S/C10H16N2S/c11-12-10(9-2-3-9)4-1-8-5-6-13-7-8/h5-7,9-10,12H,1-4,11H2. The SMILES string of the molecule is NNC(CCc1ccsc1)C1CC1. The molecule has 3 N–H and O–H groups in total. The van der Waals surface area contributed by atoms with Crippen LogP contribution < -0.4 is 11.3 Å². The van der Waals surface area contributed by atoms with E-state index < -0.39 is 0 Å². The number of nitrogens with two attached hydrogens (primary N) is 1. The molecule has 0 amide bonds. The predicted octanol–water partition coefficient (Wildman–Crippen LogP) is 1.92. The van der Waals surface area contributed by atoms with Crippen LogP contribution in [0.1, 0.15) is 24.8 Å². The summed E-state index contributed by atoms with van der Waals surface area (Å²) in [6, 6.07) is 2.74. The largest absolute Gasteiger partial charge is 0.271 e. The van der Waals surface area contributed by atoms with Crippen molar-refractivity contribution in [2.24, 2.45) is 11.8 Å². The Morgan fingerprint density at radius 2 is 2.46 bits per heavy atom. The highest BCUT2D eigenvalue weighted by molar-refractivity contribution is 7.07. The molecule has 1 saturated carbocycles. The van der Waals surface area contributed by atoms with Crippen molar-refractivity contribution in [3.8, 4) is 0 Å². The van der Waals surface area contributed by atoms with Gasteiger partial charge in [0.2, 0.25) is 0 Å². The van der Waals surface area contributed by atoms with Gasteiger partial charge in [-0.25, -0.2) is 0 Å². The number of thiophene rings is 1. The first-order valence-electron chi connectivity index (χ1n) is 4.87. The van der Waals surface area contributed by atoms with Crippen molar-refractivity contribution in [2.45, 2.75) is 31.7 Å². The number of hydrazine groups is 1. The molecule has 1 heterocycles. The molecule has 3 heteroatoms. The Bertz CT molecular complexity index is 241. The maximum Gasteiger partial charge on any atom is 0.0241 e. The first-order valence-corrected chi connectivity index (χ1v) is 5.81. The zero-order valence-electron chi connectivity index (χ0n) is 7.70. The average Bonchev–Trinajstić information content (AvgIpc) is 2.84. The molecule has 0 aromatic carbocycles. The van der Waals surface area contributed by atoms with E-state index in [2.05, 4.69) is 22.3 Å². The summed E-state index contributed by atoms with van der Waals surface area (Å²) in [5.41, 5.74) is 4.38. The van der Waals surface area contributed by atoms with Crippen LogP contribution in [0.25, 0.3) is 0 Å². The quantitative estimate of drug-likeness (QED) is 0.558. The topological polar surface area (TPSA) is 38.0 Å². The second-order valence-corrected chi connectivity index (χ2v) is 4.56. The summed E-state index contributed by atoms with van der Waals surface area (Å²) in [7, 11) is 0. The molecule has 1 fully saturated rings. The van der Waals surface area contributed by atoms with Crippen LogP contribution in [-0.4, -0.2) is 6.04 Å². The van der Waals surface area contributed by atoms with Gasteiger partial charge in [0.25, 0.3) is 0 Å². The first-order chi connectivity index (χ1) is 6.40. The zero-order chi connectivity index (χ0) is 9.10. The number of nitrogens with one attached hydrogen (secondary N) is 1. The van der Waals surface area contributed by atoms with Gasteiger partial charge >= 0.3 is 0 Å². The highest BCUT2D eigenvalue weighted by Gasteiger charge is 2.29. The average molecular weight is 196 g/mol. The van der Waals surface area contributed by atoms with Crippen LogP contribution in [0.15, 0.2) is 16.8 Å². The van der Waals surface area contributed by atoms with E-state index >= 15 is 0 Å². The lowest BCUT2D eigenvalue weighted by atomic mass is 10.0. The second-order valence-electron chi connectivity index (χ2n) is 3.78. The van der Waals surface area contributed by atoms with E-state index in [1.807, 2.05) is 0 Å². The Labute approximate surface area is 83.1 Å². The van der Waals surface area contributed by atoms with Gasteiger partial charge in [-0.2, -0.15) is 11.3 Å². The molecule has 0 saturated heterocycles. The van der Waals surface area contributed by atoms with Crippen LogP contribution in [0.4, 0.5) is 0 Å². The predicted molar refractivity (Wildman–Crippen MR) is 56.5 cm³/mol. The van der Waals surface area contributed by atoms with E-state index in [0.717, 1.165) is 12.3 Å². The minimum Gasteiger partial charge on any atom is -0.271 e. The summed E-state index contributed by atoms with van der Waals surface area (Å²) in [5.74, 6) is 6.36. The molecule has 1 aliphatic carbocycles. The number of aryl methyl sites for hydroxylation is 1. The van der Waals surface area contributed by atoms with Gasteiger partial charge in [-0.05, 0) is 54.0 Å². The molecule has 0 bridgehead atoms. The van der Waals surface area contributed by atoms with Gasteiger partial charge in [-0.15, -0.1) is 0 Å². The van der Waals surface area contributed by atoms with Crippen molar-refractivity contribution in [3.63, 3.8) is 0 Å². The van der Waals surface area contributed by atoms with E-state index in [1.165, 1.54) is 24.8 Å². The molecule has 1 aliphatic rings. The molecule has 1 unspecified atom stereocenters. The van der Waals surface area contributed by atoms with E-state index in [0.29, 0.717) is 6.04 Å². The summed E-state index contributed by atoms with van der Waals surface area (Å²) in [4.78, 5) is 0. The van der Waals surface area contributed by atoms with Gasteiger partial charge in [0.15, 0.2) is 0 Å². The van der Waals surface area contributed by atoms with Crippen molar-refractivity contribution < 1.29 is 0 Å². The smallest absolute Gasteiger partial charge is 0.0241 e. The maximum atomic E-state index is 5.51. The van der Waals surface area contributed by atoms with Crippen LogP contribution in [-0.2, 0) is 6.42 Å². The Balaban J connectivity index is 1.77. The first kappa shape index (κ1) is 9.19. The minimum atomic E-state index is 0.542. The lowest BCUT2D eigenvalue weighted by molar-refractivity contribution is 0.446. The summed E-state index contributed by atoms with van der Waals surface area (Å²) in [6.45, 7) is 0. The van der Waals surface area contributed by atoms with Crippen LogP contribution in [0.2, 0.25) is 0 Å². The number of hydrogen-bond acceptors (Lipinski definition) is 3. The monoisotopic (exact) mass is 196 g/mol. The van der Waals surface area contributed by atoms with Gasteiger partial charge in [0, 0.05) is 6.04 Å². The lowest BCUT2D eigenvalue weighted by Gasteiger charge is -2.13. The van der Waals surface area contributed by atoms with Crippen LogP contribution in [0.3, 0.4) is 0 Å². The van der Waals surface area contributed by atoms with E-state index in [1.54, 1.807) is 11.3 Å². The van der Waals surface area contributed by atoms with Crippen molar-refractivity contribution in [1.29, 1.82) is 0 Å². The van der Waals surface area contributed by atoms with E-state index in [9.17, 15) is 0 Å². The Hall–Kier alpha value is -0.380. The summed E-state index contributed by atoms with van der Waals surface area (Å²) >= 11 is 1.77. The maximum absolute atomic E-state index is 5.51. The van der Waals surface area contributed by atoms with Crippen molar-refractivity contribution >= 4 is 11.3 Å². The molecule has 0 radical (unpaired) electrons.